The van der Waals surface area contributed by atoms with E-state index in [0.29, 0.717) is 13.4 Å². The molecule has 100 valence electrons. The van der Waals surface area contributed by atoms with E-state index in [2.05, 4.69) is 33.8 Å². The molecule has 0 aromatic heterocycles. The van der Waals surface area contributed by atoms with E-state index in [1.54, 1.807) is 0 Å². The van der Waals surface area contributed by atoms with Gasteiger partial charge in [0.1, 0.15) is 0 Å². The molecule has 2 nitrogen and oxygen atoms in total. The summed E-state index contributed by atoms with van der Waals surface area (Å²) in [6.07, 6.45) is 6.18. The van der Waals surface area contributed by atoms with E-state index in [-0.39, 0.29) is 5.92 Å². The van der Waals surface area contributed by atoms with Crippen molar-refractivity contribution in [1.29, 1.82) is 0 Å². The molecule has 1 aromatic carbocycles. The molecule has 1 heterocycles. The number of aliphatic imine (C=N–C) groups is 1. The summed E-state index contributed by atoms with van der Waals surface area (Å²) >= 11 is 3.79. The van der Waals surface area contributed by atoms with E-state index in [1.807, 2.05) is 24.3 Å². The number of allylic oxidation sites excluding steroid dienone is 4. The van der Waals surface area contributed by atoms with Gasteiger partial charge in [0.05, 0.1) is 0 Å². The Morgan fingerprint density at radius 1 is 1.30 bits per heavy atom. The molecular weight excluding hydrogens is 462 g/mol. The minimum absolute atomic E-state index is 0.179. The molecule has 0 radical (unpaired) electrons. The Labute approximate surface area is 132 Å². The number of fused-ring (bicyclic) bond motifs is 1. The Hall–Kier alpha value is -0.748. The molecule has 20 heavy (non-hydrogen) atoms. The first-order valence-corrected chi connectivity index (χ1v) is 16.5. The van der Waals surface area contributed by atoms with Gasteiger partial charge in [0, 0.05) is 0 Å². The summed E-state index contributed by atoms with van der Waals surface area (Å²) in [5.41, 5.74) is 2.13. The first-order chi connectivity index (χ1) is 9.66. The number of carbonyl (C=O) groups excluding carboxylic acids is 1. The van der Waals surface area contributed by atoms with Crippen molar-refractivity contribution in [1.82, 2.24) is 0 Å². The van der Waals surface area contributed by atoms with Crippen molar-refractivity contribution in [2.24, 2.45) is 10.9 Å². The van der Waals surface area contributed by atoms with E-state index in [0.717, 1.165) is 16.3 Å². The maximum absolute atomic E-state index is 12.2. The zero-order valence-electron chi connectivity index (χ0n) is 11.3. The first kappa shape index (κ1) is 14.2. The molecule has 3 rings (SSSR count). The fraction of sp³-hybridized carbons (Fsp3) is 0.250. The van der Waals surface area contributed by atoms with Gasteiger partial charge >= 0.3 is 133 Å². The van der Waals surface area contributed by atoms with Crippen LogP contribution in [0.3, 0.4) is 0 Å². The van der Waals surface area contributed by atoms with E-state index < -0.39 is 22.7 Å². The summed E-state index contributed by atoms with van der Waals surface area (Å²) in [5, 5.41) is 0.754. The molecule has 0 saturated carbocycles. The molecule has 0 saturated heterocycles. The van der Waals surface area contributed by atoms with Gasteiger partial charge in [-0.15, -0.1) is 0 Å². The zero-order chi connectivity index (χ0) is 14.1. The van der Waals surface area contributed by atoms with Gasteiger partial charge in [0.25, 0.3) is 0 Å². The molecule has 0 bridgehead atoms. The minimum atomic E-state index is -2.39. The summed E-state index contributed by atoms with van der Waals surface area (Å²) in [6.45, 7) is 0.360. The summed E-state index contributed by atoms with van der Waals surface area (Å²) in [7, 11) is 0. The zero-order valence-corrected chi connectivity index (χ0v) is 16.5. The third kappa shape index (κ3) is 2.68. The molecule has 1 aromatic rings. The molecule has 0 amide bonds. The van der Waals surface area contributed by atoms with Crippen LogP contribution in [0.15, 0.2) is 58.6 Å². The van der Waals surface area contributed by atoms with Gasteiger partial charge in [-0.2, -0.15) is 0 Å². The summed E-state index contributed by atoms with van der Waals surface area (Å²) in [5.74, 6) is 0.179. The predicted molar refractivity (Wildman–Crippen MR) is 84.8 cm³/mol. The topological polar surface area (TPSA) is 29.4 Å². The van der Waals surface area contributed by atoms with Gasteiger partial charge in [0.2, 0.25) is 0 Å². The van der Waals surface area contributed by atoms with E-state index >= 15 is 0 Å². The van der Waals surface area contributed by atoms with Gasteiger partial charge in [-0.3, -0.25) is 0 Å². The fourth-order valence-electron chi connectivity index (χ4n) is 2.92. The van der Waals surface area contributed by atoms with Crippen LogP contribution in [0.5, 0.6) is 0 Å². The van der Waals surface area contributed by atoms with Crippen LogP contribution in [0, 0.1) is 5.92 Å². The Morgan fingerprint density at radius 3 is 2.80 bits per heavy atom. The van der Waals surface area contributed by atoms with Gasteiger partial charge in [-0.1, -0.05) is 0 Å². The average Bonchev–Trinajstić information content (AvgIpc) is 2.58. The third-order valence-electron chi connectivity index (χ3n) is 4.11. The van der Waals surface area contributed by atoms with Crippen LogP contribution in [-0.4, -0.2) is 38.3 Å². The monoisotopic (exact) mass is 477 g/mol. The first-order valence-electron chi connectivity index (χ1n) is 6.85. The number of benzene rings is 1. The van der Waals surface area contributed by atoms with E-state index in [4.69, 9.17) is 11.6 Å². The van der Waals surface area contributed by atoms with Gasteiger partial charge < -0.3 is 0 Å². The van der Waals surface area contributed by atoms with Crippen molar-refractivity contribution in [3.05, 3.63) is 59.2 Å². The van der Waals surface area contributed by atoms with Crippen molar-refractivity contribution in [2.45, 2.75) is 7.96 Å². The van der Waals surface area contributed by atoms with Crippen LogP contribution < -0.4 is 0 Å². The average molecular weight is 477 g/mol. The predicted octanol–water partition coefficient (Wildman–Crippen LogP) is 3.40. The van der Waals surface area contributed by atoms with Gasteiger partial charge in [-0.05, 0) is 0 Å². The van der Waals surface area contributed by atoms with Crippen LogP contribution in [0.4, 0.5) is 0 Å². The van der Waals surface area contributed by atoms with Crippen LogP contribution in [-0.2, 0) is 4.79 Å². The normalized spacial score (nSPS) is 25.7. The van der Waals surface area contributed by atoms with Crippen molar-refractivity contribution >= 4 is 43.4 Å². The molecule has 0 N–H and O–H groups in total. The fourth-order valence-corrected chi connectivity index (χ4v) is 11.6. The Balaban J connectivity index is 2.08. The second-order valence-electron chi connectivity index (χ2n) is 5.34. The second kappa shape index (κ2) is 5.94. The number of nitrogens with zero attached hydrogens (tertiary/aromatic N) is 1. The van der Waals surface area contributed by atoms with E-state index in [1.165, 1.54) is 0 Å². The SMILES string of the molecule is [CH3][Tl]1[C](=O)CN=C(c2ccccc2)C2C=C(Cl)C=C[CH]21. The van der Waals surface area contributed by atoms with Crippen molar-refractivity contribution in [3.63, 3.8) is 0 Å². The standard InChI is InChI=1S/C15H12ClNO.CH3.Tl/c16-14-8-4-7-13(11-14)15(17-9-10-18)12-5-2-1-3-6-12;;/h1-8,11,13H,9H2;1H3;. The number of carbonyl (C=O) groups is 1. The Kier molecular flexibility index (Phi) is 4.21. The molecule has 4 heteroatoms. The number of hydrogen-bond acceptors (Lipinski definition) is 2. The van der Waals surface area contributed by atoms with E-state index in [9.17, 15) is 4.79 Å². The van der Waals surface area contributed by atoms with Crippen LogP contribution in [0.25, 0.3) is 0 Å². The molecule has 1 aliphatic carbocycles. The molecular formula is C16H15ClNOTl. The molecule has 2 unspecified atom stereocenters. The van der Waals surface area contributed by atoms with Crippen molar-refractivity contribution in [3.8, 4) is 0 Å². The third-order valence-corrected chi connectivity index (χ3v) is 16.0. The van der Waals surface area contributed by atoms with Gasteiger partial charge in [0.15, 0.2) is 0 Å². The van der Waals surface area contributed by atoms with Gasteiger partial charge in [-0.25, -0.2) is 0 Å². The van der Waals surface area contributed by atoms with Crippen molar-refractivity contribution < 1.29 is 4.79 Å². The summed E-state index contributed by atoms with van der Waals surface area (Å²) < 4.78 is 2.99. The number of hydrogen-bond donors (Lipinski definition) is 0. The van der Waals surface area contributed by atoms with Crippen LogP contribution in [0.1, 0.15) is 5.56 Å². The van der Waals surface area contributed by atoms with Crippen LogP contribution in [0.2, 0.25) is 7.96 Å². The molecule has 0 fully saturated rings. The number of halogens is 1. The molecule has 1 aliphatic heterocycles. The number of rotatable bonds is 1. The Morgan fingerprint density at radius 2 is 2.05 bits per heavy atom. The molecule has 2 atom stereocenters. The Bertz CT molecular complexity index is 621. The van der Waals surface area contributed by atoms with Crippen LogP contribution >= 0.6 is 11.6 Å². The molecule has 0 spiro atoms. The quantitative estimate of drug-likeness (QED) is 0.571. The second-order valence-corrected chi connectivity index (χ2v) is 17.4. The maximum atomic E-state index is 12.2. The summed E-state index contributed by atoms with van der Waals surface area (Å²) in [6, 6.07) is 10.1. The van der Waals surface area contributed by atoms with Crippen molar-refractivity contribution in [2.75, 3.05) is 6.54 Å². The molecule has 2 aliphatic rings. The summed E-state index contributed by atoms with van der Waals surface area (Å²) in [4.78, 5) is 16.9.